The maximum absolute atomic E-state index is 7.70. The summed E-state index contributed by atoms with van der Waals surface area (Å²) in [6.07, 6.45) is -0.968. The number of fused-ring (bicyclic) bond motifs is 2. The first-order valence-electron chi connectivity index (χ1n) is 14.0. The van der Waals surface area contributed by atoms with E-state index < -0.39 is 22.7 Å². The molecule has 0 spiro atoms. The van der Waals surface area contributed by atoms with Gasteiger partial charge in [0.25, 0.3) is 8.32 Å². The molecule has 7 heteroatoms. The van der Waals surface area contributed by atoms with Crippen LogP contribution in [0.4, 0.5) is 0 Å². The Hall–Kier alpha value is -1.33. The number of epoxide rings is 1. The van der Waals surface area contributed by atoms with E-state index in [9.17, 15) is 0 Å². The molecule has 5 rings (SSSR count). The SMILES string of the molecule is CC(C)(C)[Si](O[C@H]1[C@@H]2O[Si](C(C)(C)C)(C(C)(C)C)OC[C@H]2O[C@]2(C)O[C@H]12)(c1ccccc1)c1ccccc1. The Balaban J connectivity index is 1.66. The lowest BCUT2D eigenvalue weighted by atomic mass is 9.99. The van der Waals surface area contributed by atoms with Crippen LogP contribution in [0.25, 0.3) is 0 Å². The molecule has 0 amide bonds. The van der Waals surface area contributed by atoms with E-state index in [1.54, 1.807) is 0 Å². The van der Waals surface area contributed by atoms with E-state index in [1.165, 1.54) is 10.4 Å². The van der Waals surface area contributed by atoms with Crippen LogP contribution in [0.5, 0.6) is 0 Å². The van der Waals surface area contributed by atoms with E-state index >= 15 is 0 Å². The zero-order chi connectivity index (χ0) is 27.8. The fraction of sp³-hybridized carbons (Fsp3) is 0.613. The van der Waals surface area contributed by atoms with Crippen LogP contribution in [-0.2, 0) is 22.8 Å². The normalized spacial score (nSPS) is 31.3. The Bertz CT molecular complexity index is 1080. The van der Waals surface area contributed by atoms with Gasteiger partial charge in [0.15, 0.2) is 5.79 Å². The van der Waals surface area contributed by atoms with Crippen LogP contribution in [-0.4, -0.2) is 53.7 Å². The highest BCUT2D eigenvalue weighted by atomic mass is 28.4. The molecule has 0 radical (unpaired) electrons. The van der Waals surface area contributed by atoms with Crippen molar-refractivity contribution < 1.29 is 22.8 Å². The zero-order valence-electron chi connectivity index (χ0n) is 24.8. The summed E-state index contributed by atoms with van der Waals surface area (Å²) in [4.78, 5) is 0. The first kappa shape index (κ1) is 28.2. The lowest BCUT2D eigenvalue weighted by molar-refractivity contribution is -0.197. The van der Waals surface area contributed by atoms with Crippen LogP contribution in [0.2, 0.25) is 15.1 Å². The lowest BCUT2D eigenvalue weighted by Gasteiger charge is -2.57. The summed E-state index contributed by atoms with van der Waals surface area (Å²) in [5.41, 5.74) is 0. The fourth-order valence-electron chi connectivity index (χ4n) is 7.06. The number of hydrogen-bond acceptors (Lipinski definition) is 5. The van der Waals surface area contributed by atoms with Crippen LogP contribution in [0.3, 0.4) is 0 Å². The molecule has 0 saturated carbocycles. The van der Waals surface area contributed by atoms with Crippen molar-refractivity contribution in [3.05, 3.63) is 60.7 Å². The summed E-state index contributed by atoms with van der Waals surface area (Å²) < 4.78 is 34.6. The molecular formula is C31H46O5Si2. The second-order valence-corrected chi connectivity index (χ2v) is 23.5. The van der Waals surface area contributed by atoms with Crippen LogP contribution < -0.4 is 10.4 Å². The van der Waals surface area contributed by atoms with Crippen molar-refractivity contribution in [1.82, 2.24) is 0 Å². The quantitative estimate of drug-likeness (QED) is 0.348. The molecule has 5 atom stereocenters. The highest BCUT2D eigenvalue weighted by molar-refractivity contribution is 6.99. The van der Waals surface area contributed by atoms with Gasteiger partial charge in [0.1, 0.15) is 24.4 Å². The molecular weight excluding hydrogens is 509 g/mol. The molecule has 0 aliphatic carbocycles. The summed E-state index contributed by atoms with van der Waals surface area (Å²) in [5.74, 6) is -0.672. The molecule has 0 bridgehead atoms. The van der Waals surface area contributed by atoms with Crippen LogP contribution in [0.15, 0.2) is 60.7 Å². The molecule has 2 aromatic carbocycles. The summed E-state index contributed by atoms with van der Waals surface area (Å²) in [5, 5.41) is 2.09. The van der Waals surface area contributed by atoms with Crippen molar-refractivity contribution in [3.63, 3.8) is 0 Å². The maximum atomic E-state index is 7.70. The zero-order valence-corrected chi connectivity index (χ0v) is 26.8. The second-order valence-electron chi connectivity index (χ2n) is 14.5. The van der Waals surface area contributed by atoms with Crippen LogP contribution >= 0.6 is 0 Å². The van der Waals surface area contributed by atoms with Crippen molar-refractivity contribution >= 4 is 27.3 Å². The van der Waals surface area contributed by atoms with E-state index in [0.717, 1.165) is 0 Å². The van der Waals surface area contributed by atoms with Gasteiger partial charge in [-0.05, 0) is 22.3 Å². The Morgan fingerprint density at radius 3 is 1.74 bits per heavy atom. The van der Waals surface area contributed by atoms with Gasteiger partial charge in [0.05, 0.1) is 6.61 Å². The van der Waals surface area contributed by atoms with Crippen molar-refractivity contribution in [3.8, 4) is 0 Å². The Morgan fingerprint density at radius 1 is 0.789 bits per heavy atom. The lowest BCUT2D eigenvalue weighted by Crippen LogP contribution is -2.74. The Labute approximate surface area is 231 Å². The van der Waals surface area contributed by atoms with Crippen molar-refractivity contribution in [2.45, 2.75) is 115 Å². The predicted molar refractivity (Wildman–Crippen MR) is 157 cm³/mol. The average molecular weight is 555 g/mol. The average Bonchev–Trinajstić information content (AvgIpc) is 3.51. The summed E-state index contributed by atoms with van der Waals surface area (Å²) >= 11 is 0. The third-order valence-electron chi connectivity index (χ3n) is 8.65. The molecule has 3 aliphatic heterocycles. The van der Waals surface area contributed by atoms with Gasteiger partial charge in [-0.3, -0.25) is 0 Å². The molecule has 3 heterocycles. The minimum atomic E-state index is -2.84. The number of rotatable bonds is 4. The van der Waals surface area contributed by atoms with E-state index in [0.29, 0.717) is 6.61 Å². The molecule has 38 heavy (non-hydrogen) atoms. The van der Waals surface area contributed by atoms with Crippen molar-refractivity contribution in [2.75, 3.05) is 6.61 Å². The first-order chi connectivity index (χ1) is 17.6. The van der Waals surface area contributed by atoms with Gasteiger partial charge in [-0.2, -0.15) is 0 Å². The largest absolute Gasteiger partial charge is 0.399 e. The molecule has 3 fully saturated rings. The van der Waals surface area contributed by atoms with Gasteiger partial charge in [-0.15, -0.1) is 0 Å². The number of hydrogen-bond donors (Lipinski definition) is 0. The minimum absolute atomic E-state index is 0.136. The van der Waals surface area contributed by atoms with Crippen molar-refractivity contribution in [2.24, 2.45) is 0 Å². The molecule has 5 nitrogen and oxygen atoms in total. The van der Waals surface area contributed by atoms with Gasteiger partial charge < -0.3 is 22.8 Å². The van der Waals surface area contributed by atoms with E-state index in [4.69, 9.17) is 22.8 Å². The molecule has 3 aliphatic rings. The van der Waals surface area contributed by atoms with E-state index in [2.05, 4.69) is 123 Å². The van der Waals surface area contributed by atoms with Crippen molar-refractivity contribution in [1.29, 1.82) is 0 Å². The van der Waals surface area contributed by atoms with Gasteiger partial charge >= 0.3 is 8.56 Å². The van der Waals surface area contributed by atoms with Gasteiger partial charge in [0.2, 0.25) is 0 Å². The highest BCUT2D eigenvalue weighted by Gasteiger charge is 2.72. The van der Waals surface area contributed by atoms with E-state index in [-0.39, 0.29) is 39.5 Å². The Morgan fingerprint density at radius 2 is 1.29 bits per heavy atom. The highest BCUT2D eigenvalue weighted by Crippen LogP contribution is 2.58. The molecule has 208 valence electrons. The van der Waals surface area contributed by atoms with Gasteiger partial charge in [0, 0.05) is 10.1 Å². The van der Waals surface area contributed by atoms with Crippen LogP contribution in [0, 0.1) is 0 Å². The first-order valence-corrected chi connectivity index (χ1v) is 17.7. The van der Waals surface area contributed by atoms with Gasteiger partial charge in [-0.1, -0.05) is 123 Å². The third-order valence-corrected chi connectivity index (χ3v) is 18.8. The number of ether oxygens (including phenoxy) is 2. The monoisotopic (exact) mass is 554 g/mol. The molecule has 0 N–H and O–H groups in total. The molecule has 0 aromatic heterocycles. The van der Waals surface area contributed by atoms with E-state index in [1.807, 2.05) is 6.92 Å². The number of benzene rings is 2. The van der Waals surface area contributed by atoms with Gasteiger partial charge in [-0.25, -0.2) is 0 Å². The molecule has 2 aromatic rings. The summed E-state index contributed by atoms with van der Waals surface area (Å²) in [7, 11) is -5.59. The summed E-state index contributed by atoms with van der Waals surface area (Å²) in [6, 6.07) is 21.6. The Kier molecular flexibility index (Phi) is 6.75. The minimum Gasteiger partial charge on any atom is -0.399 e. The molecule has 3 saturated heterocycles. The molecule has 0 unspecified atom stereocenters. The van der Waals surface area contributed by atoms with Crippen LogP contribution in [0.1, 0.15) is 69.2 Å². The fourth-order valence-corrected chi connectivity index (χ4v) is 16.7. The summed E-state index contributed by atoms with van der Waals surface area (Å²) in [6.45, 7) is 23.0. The standard InChI is InChI=1S/C31H46O5Si2/c1-28(2,3)37(22-17-13-11-14-18-22,23-19-15-12-16-20-23)35-26-25-24(33-31(10)27(26)34-31)21-32-38(36-25,29(4,5)6)30(7,8)9/h11-20,24-27H,21H2,1-10H3/t24-,25-,26+,27-,31-/m1/s1. The second kappa shape index (κ2) is 9.09. The smallest absolute Gasteiger partial charge is 0.349 e. The maximum Gasteiger partial charge on any atom is 0.349 e. The third kappa shape index (κ3) is 4.30. The topological polar surface area (TPSA) is 49.5 Å². The predicted octanol–water partition coefficient (Wildman–Crippen LogP) is 5.90.